The number of carbonyl (C=O) groups excluding carboxylic acids is 1. The van der Waals surface area contributed by atoms with Crippen LogP contribution >= 0.6 is 11.6 Å². The average Bonchev–Trinajstić information content (AvgIpc) is 2.70. The van der Waals surface area contributed by atoms with E-state index < -0.39 is 6.10 Å². The van der Waals surface area contributed by atoms with E-state index in [2.05, 4.69) is 10.00 Å². The predicted octanol–water partition coefficient (Wildman–Crippen LogP) is 1.46. The maximum absolute atomic E-state index is 12.4. The van der Waals surface area contributed by atoms with Crippen molar-refractivity contribution in [2.75, 3.05) is 26.7 Å². The molecule has 1 unspecified atom stereocenters. The lowest BCUT2D eigenvalue weighted by Gasteiger charge is -2.29. The molecule has 18 heavy (non-hydrogen) atoms. The van der Waals surface area contributed by atoms with E-state index in [0.717, 1.165) is 13.0 Å². The Bertz CT molecular complexity index is 433. The highest BCUT2D eigenvalue weighted by Crippen LogP contribution is 2.19. The van der Waals surface area contributed by atoms with Gasteiger partial charge in [0.25, 0.3) is 0 Å². The third-order valence-corrected chi connectivity index (χ3v) is 3.30. The fraction of sp³-hybridized carbons (Fsp3) is 0.667. The summed E-state index contributed by atoms with van der Waals surface area (Å²) in [4.78, 5) is 14.5. The number of aromatic nitrogens is 2. The zero-order chi connectivity index (χ0) is 13.1. The lowest BCUT2D eigenvalue weighted by atomic mass is 10.1. The van der Waals surface area contributed by atoms with Gasteiger partial charge in [0, 0.05) is 19.6 Å². The number of aryl methyl sites for hydroxylation is 1. The van der Waals surface area contributed by atoms with E-state index in [4.69, 9.17) is 16.3 Å². The summed E-state index contributed by atoms with van der Waals surface area (Å²) in [6, 6.07) is 0. The molecule has 1 aromatic rings. The lowest BCUT2D eigenvalue weighted by Crippen LogP contribution is -2.44. The molecule has 2 heterocycles. The molecule has 0 aromatic carbocycles. The quantitative estimate of drug-likeness (QED) is 0.778. The molecule has 0 bridgehead atoms. The third-order valence-electron chi connectivity index (χ3n) is 3.03. The zero-order valence-corrected chi connectivity index (χ0v) is 11.5. The van der Waals surface area contributed by atoms with E-state index in [1.807, 2.05) is 14.0 Å². The largest absolute Gasteiger partial charge is 0.367 e. The van der Waals surface area contributed by atoms with Gasteiger partial charge in [0.15, 0.2) is 0 Å². The molecule has 100 valence electrons. The van der Waals surface area contributed by atoms with Crippen molar-refractivity contribution in [3.05, 3.63) is 16.9 Å². The summed E-state index contributed by atoms with van der Waals surface area (Å²) in [5, 5.41) is 4.54. The number of likely N-dealkylation sites (N-methyl/N-ethyl adjacent to an activating group) is 1. The van der Waals surface area contributed by atoms with E-state index in [0.29, 0.717) is 30.4 Å². The number of hydrogen-bond acceptors (Lipinski definition) is 4. The Morgan fingerprint density at radius 1 is 1.67 bits per heavy atom. The Hall–Kier alpha value is -0.910. The van der Waals surface area contributed by atoms with Crippen LogP contribution in [-0.4, -0.2) is 53.3 Å². The number of ketones is 1. The van der Waals surface area contributed by atoms with Gasteiger partial charge in [0.2, 0.25) is 5.78 Å². The fourth-order valence-electron chi connectivity index (χ4n) is 2.08. The molecule has 1 aliphatic rings. The second-order valence-electron chi connectivity index (χ2n) is 4.55. The Morgan fingerprint density at radius 3 is 3.11 bits per heavy atom. The van der Waals surface area contributed by atoms with Gasteiger partial charge in [-0.15, -0.1) is 0 Å². The highest BCUT2D eigenvalue weighted by atomic mass is 35.5. The Kier molecular flexibility index (Phi) is 4.37. The van der Waals surface area contributed by atoms with Crippen molar-refractivity contribution in [1.29, 1.82) is 0 Å². The summed E-state index contributed by atoms with van der Waals surface area (Å²) in [7, 11) is 1.98. The smallest absolute Gasteiger partial charge is 0.212 e. The maximum Gasteiger partial charge on any atom is 0.212 e. The monoisotopic (exact) mass is 271 g/mol. The summed E-state index contributed by atoms with van der Waals surface area (Å²) in [6.45, 7) is 4.76. The number of Topliss-reactive ketones (excluding diaryl/α,β-unsaturated/α-hetero) is 1. The minimum absolute atomic E-state index is 0.0718. The molecule has 0 amide bonds. The summed E-state index contributed by atoms with van der Waals surface area (Å²) in [6.07, 6.45) is 1.99. The molecule has 0 saturated carbocycles. The Morgan fingerprint density at radius 2 is 2.44 bits per heavy atom. The van der Waals surface area contributed by atoms with Crippen molar-refractivity contribution in [2.45, 2.75) is 26.0 Å². The maximum atomic E-state index is 12.4. The molecule has 0 radical (unpaired) electrons. The first kappa shape index (κ1) is 13.5. The van der Waals surface area contributed by atoms with E-state index in [-0.39, 0.29) is 5.78 Å². The molecule has 0 spiro atoms. The molecule has 0 N–H and O–H groups in total. The minimum Gasteiger partial charge on any atom is -0.367 e. The normalized spacial score (nSPS) is 21.2. The number of nitrogens with zero attached hydrogens (tertiary/aromatic N) is 3. The number of morpholine rings is 1. The van der Waals surface area contributed by atoms with Crippen LogP contribution in [0.1, 0.15) is 23.8 Å². The molecule has 6 heteroatoms. The van der Waals surface area contributed by atoms with Gasteiger partial charge in [0.1, 0.15) is 11.8 Å². The first-order valence-electron chi connectivity index (χ1n) is 6.19. The molecular formula is C12H18ClN3O2. The lowest BCUT2D eigenvalue weighted by molar-refractivity contribution is -0.00917. The molecule has 5 nitrogen and oxygen atoms in total. The van der Waals surface area contributed by atoms with Crippen molar-refractivity contribution in [3.8, 4) is 0 Å². The third kappa shape index (κ3) is 2.74. The highest BCUT2D eigenvalue weighted by molar-refractivity contribution is 6.33. The van der Waals surface area contributed by atoms with Crippen molar-refractivity contribution in [2.24, 2.45) is 0 Å². The number of hydrogen-bond donors (Lipinski definition) is 0. The number of ether oxygens (including phenoxy) is 1. The Balaban J connectivity index is 2.19. The Labute approximate surface area is 112 Å². The number of halogens is 1. The zero-order valence-electron chi connectivity index (χ0n) is 10.7. The molecule has 1 saturated heterocycles. The van der Waals surface area contributed by atoms with Crippen LogP contribution < -0.4 is 0 Å². The van der Waals surface area contributed by atoms with E-state index in [9.17, 15) is 4.79 Å². The van der Waals surface area contributed by atoms with Crippen LogP contribution in [0.25, 0.3) is 0 Å². The number of rotatable bonds is 4. The van der Waals surface area contributed by atoms with Crippen molar-refractivity contribution < 1.29 is 9.53 Å². The van der Waals surface area contributed by atoms with Crippen LogP contribution in [0.2, 0.25) is 5.02 Å². The van der Waals surface area contributed by atoms with Crippen LogP contribution in [0.4, 0.5) is 0 Å². The second-order valence-corrected chi connectivity index (χ2v) is 4.96. The molecule has 1 fully saturated rings. The molecule has 2 rings (SSSR count). The van der Waals surface area contributed by atoms with Gasteiger partial charge in [-0.3, -0.25) is 9.48 Å². The summed E-state index contributed by atoms with van der Waals surface area (Å²) in [5.41, 5.74) is 0.471. The summed E-state index contributed by atoms with van der Waals surface area (Å²) < 4.78 is 7.20. The van der Waals surface area contributed by atoms with E-state index in [1.54, 1.807) is 4.68 Å². The molecule has 1 aliphatic heterocycles. The molecule has 0 aliphatic carbocycles. The second kappa shape index (κ2) is 5.82. The molecule has 1 atom stereocenters. The standard InChI is InChI=1S/C12H18ClN3O2/c1-3-4-16-11(9(13)7-14-16)12(17)10-8-15(2)5-6-18-10/h7,10H,3-6,8H2,1-2H3. The number of carbonyl (C=O) groups is 1. The highest BCUT2D eigenvalue weighted by Gasteiger charge is 2.29. The van der Waals surface area contributed by atoms with Gasteiger partial charge in [-0.2, -0.15) is 5.10 Å². The first-order valence-corrected chi connectivity index (χ1v) is 6.57. The predicted molar refractivity (Wildman–Crippen MR) is 69.1 cm³/mol. The van der Waals surface area contributed by atoms with Crippen LogP contribution in [0.5, 0.6) is 0 Å². The fourth-order valence-corrected chi connectivity index (χ4v) is 2.31. The SMILES string of the molecule is CCCn1ncc(Cl)c1C(=O)C1CN(C)CCO1. The van der Waals surface area contributed by atoms with Crippen LogP contribution in [0, 0.1) is 0 Å². The average molecular weight is 272 g/mol. The van der Waals surface area contributed by atoms with Gasteiger partial charge in [-0.05, 0) is 13.5 Å². The minimum atomic E-state index is -0.437. The van der Waals surface area contributed by atoms with Gasteiger partial charge in [0.05, 0.1) is 17.8 Å². The molecule has 1 aromatic heterocycles. The van der Waals surface area contributed by atoms with Gasteiger partial charge >= 0.3 is 0 Å². The molecular weight excluding hydrogens is 254 g/mol. The van der Waals surface area contributed by atoms with Gasteiger partial charge in [-0.25, -0.2) is 0 Å². The van der Waals surface area contributed by atoms with Crippen LogP contribution in [0.3, 0.4) is 0 Å². The summed E-state index contributed by atoms with van der Waals surface area (Å²) in [5.74, 6) is -0.0718. The van der Waals surface area contributed by atoms with Gasteiger partial charge < -0.3 is 9.64 Å². The van der Waals surface area contributed by atoms with Gasteiger partial charge in [-0.1, -0.05) is 18.5 Å². The van der Waals surface area contributed by atoms with Crippen molar-refractivity contribution in [1.82, 2.24) is 14.7 Å². The van der Waals surface area contributed by atoms with Crippen molar-refractivity contribution >= 4 is 17.4 Å². The van der Waals surface area contributed by atoms with Crippen molar-refractivity contribution in [3.63, 3.8) is 0 Å². The summed E-state index contributed by atoms with van der Waals surface area (Å²) >= 11 is 6.06. The van der Waals surface area contributed by atoms with E-state index >= 15 is 0 Å². The van der Waals surface area contributed by atoms with E-state index in [1.165, 1.54) is 6.20 Å². The van der Waals surface area contributed by atoms with Crippen LogP contribution in [0.15, 0.2) is 6.20 Å². The van der Waals surface area contributed by atoms with Crippen LogP contribution in [-0.2, 0) is 11.3 Å². The topological polar surface area (TPSA) is 47.4 Å². The first-order chi connectivity index (χ1) is 8.63.